The number of carboxylic acid groups (broad SMARTS) is 1. The highest BCUT2D eigenvalue weighted by Crippen LogP contribution is 2.65. The van der Waals surface area contributed by atoms with Gasteiger partial charge in [0.25, 0.3) is 22.2 Å². The van der Waals surface area contributed by atoms with E-state index in [1.807, 2.05) is 19.9 Å². The van der Waals surface area contributed by atoms with Crippen molar-refractivity contribution < 1.29 is 81.6 Å². The number of aryl methyl sites for hydroxylation is 2. The number of alkyl halides is 1. The van der Waals surface area contributed by atoms with Crippen LogP contribution in [0.4, 0.5) is 0 Å². The van der Waals surface area contributed by atoms with Gasteiger partial charge in [0, 0.05) is 84.0 Å². The normalized spacial score (nSPS) is 26.3. The van der Waals surface area contributed by atoms with Gasteiger partial charge < -0.3 is 80.8 Å². The van der Waals surface area contributed by atoms with Crippen molar-refractivity contribution in [3.8, 4) is 17.2 Å². The molecule has 2 saturated heterocycles. The van der Waals surface area contributed by atoms with Crippen molar-refractivity contribution in [2.24, 2.45) is 57.2 Å². The quantitative estimate of drug-likeness (QED) is 0.0237. The van der Waals surface area contributed by atoms with Crippen LogP contribution >= 0.6 is 15.9 Å². The highest BCUT2D eigenvalue weighted by Gasteiger charge is 2.62. The zero-order valence-electron chi connectivity index (χ0n) is 70.0. The molecule has 8 fully saturated rings. The van der Waals surface area contributed by atoms with E-state index < -0.39 is 29.4 Å². The van der Waals surface area contributed by atoms with Gasteiger partial charge in [-0.25, -0.2) is 0 Å². The SMILES string of the molecule is C=C1CCC2[C@]3(C)CO[C@@H](C4CCCC4)O[C@@H]3CC[C@@]2(C)[C@@H]1CCOc1ccn(CC(=O)O)c(=O)c1.C=C1CCC2[C@]3(C)CO[C@@H](C4CCCC4)O[C@@H]3CC[C@@]2(C)[C@@H]1CCOc1ccn(CC(=O)OCC)c(=O)c1.CCOC(=O)CBr.CCOC(=O)Cn1ccc(C)cc1=O.CCOC(=O)Cn1ccc(O)cc1=O.Cc1cc[nH]c(=O)c1. The lowest BCUT2D eigenvalue weighted by atomic mass is 9.46. The molecule has 0 amide bonds. The Balaban J connectivity index is 0.000000196. The zero-order chi connectivity index (χ0) is 85.2. The van der Waals surface area contributed by atoms with Gasteiger partial charge in [-0.1, -0.05) is 93.6 Å². The average Bonchev–Trinajstić information content (AvgIpc) is 1.02. The van der Waals surface area contributed by atoms with Crippen molar-refractivity contribution in [2.45, 2.75) is 236 Å². The Bertz CT molecular complexity index is 4390. The number of H-pyrrole nitrogens is 1. The molecule has 0 aromatic carbocycles. The summed E-state index contributed by atoms with van der Waals surface area (Å²) in [6, 6.07) is 15.3. The number of carboxylic acids is 1. The van der Waals surface area contributed by atoms with Crippen LogP contribution in [0.15, 0.2) is 140 Å². The van der Waals surface area contributed by atoms with Gasteiger partial charge in [-0.15, -0.1) is 0 Å². The van der Waals surface area contributed by atoms with Gasteiger partial charge in [0.1, 0.15) is 48.8 Å². The number of halogens is 1. The minimum absolute atomic E-state index is 0.0105. The van der Waals surface area contributed by atoms with Crippen LogP contribution in [0.3, 0.4) is 0 Å². The summed E-state index contributed by atoms with van der Waals surface area (Å²) in [5.41, 5.74) is 3.47. The van der Waals surface area contributed by atoms with Crippen molar-refractivity contribution in [1.82, 2.24) is 23.3 Å². The molecule has 27 nitrogen and oxygen atoms in total. The Labute approximate surface area is 694 Å². The van der Waals surface area contributed by atoms with Crippen molar-refractivity contribution in [1.29, 1.82) is 0 Å². The number of nitrogens with one attached hydrogen (secondary N) is 1. The van der Waals surface area contributed by atoms with Crippen LogP contribution in [0.1, 0.15) is 182 Å². The maximum absolute atomic E-state index is 12.4. The number of carbonyl (C=O) groups is 5. The maximum Gasteiger partial charge on any atom is 0.326 e. The van der Waals surface area contributed by atoms with Crippen LogP contribution < -0.4 is 37.3 Å². The van der Waals surface area contributed by atoms with Gasteiger partial charge in [-0.2, -0.15) is 0 Å². The lowest BCUT2D eigenvalue weighted by molar-refractivity contribution is -0.316. The van der Waals surface area contributed by atoms with E-state index in [-0.39, 0.29) is 113 Å². The molecule has 0 bridgehead atoms. The Morgan fingerprint density at radius 3 is 1.25 bits per heavy atom. The Hall–Kier alpha value is -8.70. The second-order valence-electron chi connectivity index (χ2n) is 32.8. The molecular weight excluding hydrogens is 1570 g/mol. The Morgan fingerprint density at radius 1 is 0.504 bits per heavy atom. The number of aromatic hydroxyl groups is 1. The number of rotatable bonds is 23. The van der Waals surface area contributed by atoms with Gasteiger partial charge in [0.05, 0.1) is 65.1 Å². The number of allylic oxidation sites excluding steroid dienone is 2. The number of hydrogen-bond acceptors (Lipinski definition) is 21. The molecular formula is C89H124BrN5O22. The molecule has 5 aromatic heterocycles. The third-order valence-corrected chi connectivity index (χ3v) is 25.3. The zero-order valence-corrected chi connectivity index (χ0v) is 71.6. The smallest absolute Gasteiger partial charge is 0.326 e. The summed E-state index contributed by atoms with van der Waals surface area (Å²) < 4.78 is 62.1. The topological polar surface area (TPSA) is 339 Å². The van der Waals surface area contributed by atoms with Crippen LogP contribution in [-0.2, 0) is 88.0 Å². The molecule has 2 aliphatic heterocycles. The first-order valence-corrected chi connectivity index (χ1v) is 42.6. The molecule has 8 aliphatic rings. The summed E-state index contributed by atoms with van der Waals surface area (Å²) in [4.78, 5) is 115. The van der Waals surface area contributed by atoms with E-state index in [1.54, 1.807) is 70.6 Å². The summed E-state index contributed by atoms with van der Waals surface area (Å²) in [6.07, 6.45) is 28.6. The van der Waals surface area contributed by atoms with Crippen molar-refractivity contribution in [2.75, 3.05) is 58.2 Å². The average molecular weight is 1700 g/mol. The Morgan fingerprint density at radius 2 is 0.889 bits per heavy atom. The van der Waals surface area contributed by atoms with Crippen molar-refractivity contribution in [3.05, 3.63) is 179 Å². The molecule has 0 spiro atoms. The monoisotopic (exact) mass is 1690 g/mol. The minimum atomic E-state index is -1.05. The molecule has 0 radical (unpaired) electrons. The lowest BCUT2D eigenvalue weighted by Gasteiger charge is -2.63. The fourth-order valence-electron chi connectivity index (χ4n) is 19.0. The summed E-state index contributed by atoms with van der Waals surface area (Å²) in [5.74, 6) is 1.20. The predicted octanol–water partition coefficient (Wildman–Crippen LogP) is 13.0. The fourth-order valence-corrected chi connectivity index (χ4v) is 19.2. The molecule has 6 saturated carbocycles. The summed E-state index contributed by atoms with van der Waals surface area (Å²) in [7, 11) is 0. The number of esters is 4. The standard InChI is InChI=1S/C31H45NO6.C29H41NO6.C10H13NO3.C9H11NO4.C6H7NO.C4H7BrO2/c1-5-35-28(34)19-32-16-13-23(18-27(32)33)36-17-14-24-21(2)10-11-25-30(24,3)15-12-26-31(25,4)20-37-29(38-26)22-8-6-7-9-22;1-19-8-9-23-28(2,13-10-24-29(23,3)18-35-27(36-24)20-6-4-5-7-20)22(19)12-15-34-21-11-14-30(17-26(32)33)25(31)16-21;1-3-14-10(13)7-11-5-4-8(2)6-9(11)12;1-2-14-9(13)6-10-4-3-7(11)5-8(10)12;1-5-2-3-7-6(8)4-5;1-2-7-4(6)3-5/h13,16,18,22,24-26,29H,2,5-12,14-15,17,19-20H2,1,3-4H3;11,14,16,20,22-24,27H,1,4-10,12-13,15,17-18H2,2-3H3,(H,32,33);4-6H,3,7H2,1-2H3;3-5,11H,2,6H2,1H3;2-4H,1H3,(H,7,8);2-3H2,1H3/t24-,25?,26-,29-,30+,31+;22-,23?,24-,27-,28+,29+;;;;/m11..../s1. The number of carbonyl (C=O) groups excluding carboxylic acids is 4. The van der Waals surface area contributed by atoms with Crippen LogP contribution in [0.2, 0.25) is 0 Å². The van der Waals surface area contributed by atoms with E-state index in [4.69, 9.17) is 48.1 Å². The van der Waals surface area contributed by atoms with E-state index in [0.29, 0.717) is 85.4 Å². The van der Waals surface area contributed by atoms with E-state index in [1.165, 1.54) is 108 Å². The van der Waals surface area contributed by atoms with Crippen LogP contribution in [0.25, 0.3) is 0 Å². The Kier molecular flexibility index (Phi) is 35.6. The number of hydrogen-bond donors (Lipinski definition) is 3. The first-order valence-electron chi connectivity index (χ1n) is 41.5. The van der Waals surface area contributed by atoms with E-state index in [0.717, 1.165) is 104 Å². The maximum atomic E-state index is 12.4. The first kappa shape index (κ1) is 93.8. The highest BCUT2D eigenvalue weighted by atomic mass is 79.9. The summed E-state index contributed by atoms with van der Waals surface area (Å²) in [6.45, 7) is 32.7. The van der Waals surface area contributed by atoms with Gasteiger partial charge in [-0.05, 0) is 207 Å². The van der Waals surface area contributed by atoms with E-state index >= 15 is 0 Å². The third-order valence-electron chi connectivity index (χ3n) is 24.8. The number of nitrogens with zero attached hydrogens (tertiary/aromatic N) is 4. The number of aromatic amines is 1. The highest BCUT2D eigenvalue weighted by molar-refractivity contribution is 9.09. The molecule has 3 N–H and O–H groups in total. The fraction of sp³-hybridized carbons (Fsp3) is 0.618. The molecule has 13 rings (SSSR count). The van der Waals surface area contributed by atoms with Gasteiger partial charge in [0.2, 0.25) is 5.56 Å². The van der Waals surface area contributed by atoms with Crippen molar-refractivity contribution >= 4 is 45.8 Å². The number of aromatic nitrogens is 5. The van der Waals surface area contributed by atoms with Crippen molar-refractivity contribution in [3.63, 3.8) is 0 Å². The molecule has 117 heavy (non-hydrogen) atoms. The third kappa shape index (κ3) is 25.7. The molecule has 644 valence electrons. The van der Waals surface area contributed by atoms with E-state index in [2.05, 4.69) is 71.2 Å². The molecule has 5 aromatic rings. The largest absolute Gasteiger partial charge is 0.508 e. The van der Waals surface area contributed by atoms with Gasteiger partial charge in [-0.3, -0.25) is 47.9 Å². The second kappa shape index (κ2) is 44.4. The van der Waals surface area contributed by atoms with Crippen LogP contribution in [0.5, 0.6) is 17.2 Å². The summed E-state index contributed by atoms with van der Waals surface area (Å²) in [5, 5.41) is 18.2. The lowest BCUT2D eigenvalue weighted by Crippen LogP contribution is -2.62. The summed E-state index contributed by atoms with van der Waals surface area (Å²) >= 11 is 2.94. The first-order chi connectivity index (χ1) is 55.8. The molecule has 2 unspecified atom stereocenters. The van der Waals surface area contributed by atoms with Gasteiger partial charge in [0.15, 0.2) is 12.6 Å². The van der Waals surface area contributed by atoms with E-state index in [9.17, 15) is 47.9 Å². The molecule has 6 aliphatic carbocycles. The number of fused-ring (bicyclic) bond motifs is 6. The number of ether oxygens (including phenoxy) is 10. The predicted molar refractivity (Wildman–Crippen MR) is 444 cm³/mol. The minimum Gasteiger partial charge on any atom is -0.508 e. The second-order valence-corrected chi connectivity index (χ2v) is 33.4. The number of pyridine rings is 5. The van der Waals surface area contributed by atoms with Gasteiger partial charge >= 0.3 is 29.8 Å². The molecule has 28 heteroatoms. The number of aliphatic carboxylic acids is 1. The van der Waals surface area contributed by atoms with Crippen LogP contribution in [-0.4, -0.2) is 146 Å². The molecule has 7 heterocycles. The van der Waals surface area contributed by atoms with Crippen LogP contribution in [0, 0.1) is 71.0 Å². The molecule has 12 atom stereocenters.